The average Bonchev–Trinajstić information content (AvgIpc) is 3.66. The van der Waals surface area contributed by atoms with E-state index >= 15 is 0 Å². The van der Waals surface area contributed by atoms with Gasteiger partial charge in [0.05, 0.1) is 38.7 Å². The van der Waals surface area contributed by atoms with Gasteiger partial charge in [0.25, 0.3) is 0 Å². The van der Waals surface area contributed by atoms with E-state index in [1.165, 1.54) is 11.3 Å². The number of pyridine rings is 1. The van der Waals surface area contributed by atoms with E-state index in [0.717, 1.165) is 32.0 Å². The highest BCUT2D eigenvalue weighted by Crippen LogP contribution is 2.72. The number of aryl methyl sites for hydroxylation is 1. The summed E-state index contributed by atoms with van der Waals surface area (Å²) < 4.78 is 62.2. The van der Waals surface area contributed by atoms with Crippen LogP contribution in [0.25, 0.3) is 21.5 Å². The van der Waals surface area contributed by atoms with E-state index in [0.29, 0.717) is 24.7 Å². The lowest BCUT2D eigenvalue weighted by Gasteiger charge is -2.28. The van der Waals surface area contributed by atoms with E-state index < -0.39 is 20.6 Å². The van der Waals surface area contributed by atoms with Crippen LogP contribution in [0, 0.1) is 6.92 Å². The summed E-state index contributed by atoms with van der Waals surface area (Å²) in [4.78, 5) is 9.52. The van der Waals surface area contributed by atoms with Crippen molar-refractivity contribution >= 4 is 36.6 Å². The number of hydrogen-bond acceptors (Lipinski definition) is 11. The Kier molecular flexibility index (Phi) is 9.22. The maximum Gasteiger partial charge on any atom is 0.346 e. The van der Waals surface area contributed by atoms with Crippen molar-refractivity contribution in [2.75, 3.05) is 33.0 Å². The van der Waals surface area contributed by atoms with Crippen LogP contribution in [0.2, 0.25) is 0 Å². The van der Waals surface area contributed by atoms with E-state index in [1.54, 1.807) is 26.2 Å². The van der Waals surface area contributed by atoms with Crippen LogP contribution in [0.1, 0.15) is 30.2 Å². The molecule has 1 saturated heterocycles. The van der Waals surface area contributed by atoms with Crippen LogP contribution >= 0.6 is 26.5 Å². The van der Waals surface area contributed by atoms with Crippen molar-refractivity contribution in [1.29, 1.82) is 0 Å². The van der Waals surface area contributed by atoms with Crippen LogP contribution in [0.5, 0.6) is 5.75 Å². The van der Waals surface area contributed by atoms with Gasteiger partial charge in [-0.25, -0.2) is 4.98 Å². The number of oxazole rings is 1. The molecule has 5 rings (SSSR count). The summed E-state index contributed by atoms with van der Waals surface area (Å²) in [5, 5.41) is -0.0862. The fourth-order valence-electron chi connectivity index (χ4n) is 4.49. The number of aromatic nitrogens is 2. The van der Waals surface area contributed by atoms with Crippen molar-refractivity contribution in [1.82, 2.24) is 9.97 Å². The molecule has 1 aliphatic heterocycles. The molecule has 214 valence electrons. The molecule has 4 aromatic rings. The summed E-state index contributed by atoms with van der Waals surface area (Å²) in [6.45, 7) is 6.43. The number of ether oxygens (including phenoxy) is 1. The monoisotopic (exact) mass is 606 g/mol. The minimum Gasteiger partial charge on any atom is -0.493 e. The number of thiophene rings is 1. The Morgan fingerprint density at radius 2 is 1.80 bits per heavy atom. The lowest BCUT2D eigenvalue weighted by atomic mass is 10.2. The van der Waals surface area contributed by atoms with Crippen LogP contribution in [0.4, 0.5) is 0 Å². The molecule has 1 aromatic carbocycles. The third kappa shape index (κ3) is 6.42. The van der Waals surface area contributed by atoms with Crippen LogP contribution in [-0.2, 0) is 40.1 Å². The molecule has 0 spiro atoms. The maximum atomic E-state index is 13.7. The highest BCUT2D eigenvalue weighted by molar-refractivity contribution is 7.72. The van der Waals surface area contributed by atoms with Crippen LogP contribution in [-0.4, -0.2) is 48.4 Å². The molecule has 1 unspecified atom stereocenters. The molecular formula is C27H32N2O8P2S. The molecule has 1 fully saturated rings. The van der Waals surface area contributed by atoms with Gasteiger partial charge in [0, 0.05) is 40.4 Å². The number of nitrogens with zero attached hydrogens (tertiary/aromatic N) is 2. The minimum absolute atomic E-state index is 0.153. The Morgan fingerprint density at radius 1 is 1.07 bits per heavy atom. The topological polar surface area (TPSA) is 119 Å². The Hall–Kier alpha value is -2.36. The first-order chi connectivity index (χ1) is 19.3. The molecule has 1 atom stereocenters. The molecule has 0 saturated carbocycles. The molecule has 0 amide bonds. The third-order valence-corrected chi connectivity index (χ3v) is 13.3. The second-order valence-electron chi connectivity index (χ2n) is 9.04. The summed E-state index contributed by atoms with van der Waals surface area (Å²) in [5.41, 5.74) is 1.72. The molecule has 3 aromatic heterocycles. The Balaban J connectivity index is 1.29. The minimum atomic E-state index is -3.78. The van der Waals surface area contributed by atoms with Gasteiger partial charge < -0.3 is 27.2 Å². The van der Waals surface area contributed by atoms with Crippen molar-refractivity contribution in [3.05, 3.63) is 65.1 Å². The van der Waals surface area contributed by atoms with E-state index in [-0.39, 0.29) is 32.8 Å². The molecule has 40 heavy (non-hydrogen) atoms. The van der Waals surface area contributed by atoms with Gasteiger partial charge in [-0.1, -0.05) is 0 Å². The van der Waals surface area contributed by atoms with Gasteiger partial charge in [-0.2, -0.15) is 0 Å². The summed E-state index contributed by atoms with van der Waals surface area (Å²) in [5.74, 6) is 2.04. The van der Waals surface area contributed by atoms with Gasteiger partial charge in [0.2, 0.25) is 5.89 Å². The zero-order valence-corrected chi connectivity index (χ0v) is 25.2. The van der Waals surface area contributed by atoms with Gasteiger partial charge in [-0.05, 0) is 62.6 Å². The molecule has 4 heterocycles. The SMILES string of the molecule is CCOP(=O)(OCC)C(Cc1cc2cc(OCCc3nc(-c4ccncc4)oc3C)ccc2s1)P1(=O)OCCO1. The lowest BCUT2D eigenvalue weighted by Crippen LogP contribution is -2.17. The van der Waals surface area contributed by atoms with E-state index in [4.69, 9.17) is 27.2 Å². The van der Waals surface area contributed by atoms with Crippen LogP contribution < -0.4 is 4.74 Å². The second-order valence-corrected chi connectivity index (χ2v) is 15.0. The molecule has 0 N–H and O–H groups in total. The van der Waals surface area contributed by atoms with Crippen molar-refractivity contribution in [3.63, 3.8) is 0 Å². The smallest absolute Gasteiger partial charge is 0.346 e. The van der Waals surface area contributed by atoms with Gasteiger partial charge in [0.15, 0.2) is 5.40 Å². The first kappa shape index (κ1) is 29.1. The first-order valence-electron chi connectivity index (χ1n) is 13.1. The molecule has 10 nitrogen and oxygen atoms in total. The highest BCUT2D eigenvalue weighted by atomic mass is 32.1. The van der Waals surface area contributed by atoms with Crippen LogP contribution in [0.15, 0.2) is 53.2 Å². The average molecular weight is 607 g/mol. The summed E-state index contributed by atoms with van der Waals surface area (Å²) >= 11 is 1.52. The van der Waals surface area contributed by atoms with Crippen molar-refractivity contribution in [2.45, 2.75) is 39.0 Å². The maximum absolute atomic E-state index is 13.7. The molecule has 0 bridgehead atoms. The zero-order valence-electron chi connectivity index (χ0n) is 22.6. The zero-order chi connectivity index (χ0) is 28.2. The summed E-state index contributed by atoms with van der Waals surface area (Å²) in [6, 6.07) is 11.5. The van der Waals surface area contributed by atoms with Gasteiger partial charge >= 0.3 is 15.2 Å². The van der Waals surface area contributed by atoms with Crippen molar-refractivity contribution in [2.24, 2.45) is 0 Å². The number of benzene rings is 1. The van der Waals surface area contributed by atoms with E-state index in [2.05, 4.69) is 9.97 Å². The Bertz CT molecular complexity index is 1520. The number of fused-ring (bicyclic) bond motifs is 1. The standard InChI is InChI=1S/C27H32N2O8P2S/c1-4-33-38(30,34-5-2)26(39(31)35-14-15-36-39)18-23-17-21-16-22(6-7-25(21)40-23)32-13-10-24-19(3)37-27(29-24)20-8-11-28-12-9-20/h6-9,11-12,16-17,26H,4-5,10,13-15,18H2,1-3H3. The largest absolute Gasteiger partial charge is 0.493 e. The summed E-state index contributed by atoms with van der Waals surface area (Å²) in [6.07, 6.45) is 4.18. The van der Waals surface area contributed by atoms with Gasteiger partial charge in [-0.15, -0.1) is 11.3 Å². The Morgan fingerprint density at radius 3 is 2.50 bits per heavy atom. The highest BCUT2D eigenvalue weighted by Gasteiger charge is 2.52. The third-order valence-electron chi connectivity index (χ3n) is 6.32. The van der Waals surface area contributed by atoms with Crippen molar-refractivity contribution in [3.8, 4) is 17.2 Å². The molecule has 13 heteroatoms. The first-order valence-corrected chi connectivity index (χ1v) is 17.2. The lowest BCUT2D eigenvalue weighted by molar-refractivity contribution is 0.213. The molecule has 0 radical (unpaired) electrons. The van der Waals surface area contributed by atoms with Gasteiger partial charge in [-0.3, -0.25) is 14.1 Å². The van der Waals surface area contributed by atoms with Crippen molar-refractivity contribution < 1.29 is 36.4 Å². The molecule has 1 aliphatic rings. The number of rotatable bonds is 13. The Labute approximate surface area is 237 Å². The predicted octanol–water partition coefficient (Wildman–Crippen LogP) is 7.26. The fraction of sp³-hybridized carbons (Fsp3) is 0.407. The normalized spacial score (nSPS) is 16.0. The van der Waals surface area contributed by atoms with Crippen LogP contribution in [0.3, 0.4) is 0 Å². The quantitative estimate of drug-likeness (QED) is 0.144. The predicted molar refractivity (Wildman–Crippen MR) is 153 cm³/mol. The molecule has 0 aliphatic carbocycles. The van der Waals surface area contributed by atoms with E-state index in [1.807, 2.05) is 43.3 Å². The van der Waals surface area contributed by atoms with E-state index in [9.17, 15) is 9.13 Å². The van der Waals surface area contributed by atoms with Gasteiger partial charge in [0.1, 0.15) is 11.5 Å². The molecular weight excluding hydrogens is 574 g/mol. The number of hydrogen-bond donors (Lipinski definition) is 0. The summed E-state index contributed by atoms with van der Waals surface area (Å²) in [7, 11) is -7.47. The fourth-order valence-corrected chi connectivity index (χ4v) is 11.1. The second kappa shape index (κ2) is 12.7.